The highest BCUT2D eigenvalue weighted by atomic mass is 16.3. The molecule has 47 heavy (non-hydrogen) atoms. The summed E-state index contributed by atoms with van der Waals surface area (Å²) in [6.07, 6.45) is 9.60. The third-order valence-corrected chi connectivity index (χ3v) is 8.49. The first kappa shape index (κ1) is 31.2. The summed E-state index contributed by atoms with van der Waals surface area (Å²) in [5.41, 5.74) is 8.06. The summed E-state index contributed by atoms with van der Waals surface area (Å²) in [5, 5.41) is 6.13. The molecule has 0 aliphatic heterocycles. The Morgan fingerprint density at radius 1 is 0.787 bits per heavy atom. The van der Waals surface area contributed by atoms with Crippen molar-refractivity contribution in [3.63, 3.8) is 0 Å². The Morgan fingerprint density at radius 3 is 2.34 bits per heavy atom. The van der Waals surface area contributed by atoms with Gasteiger partial charge in [0.1, 0.15) is 5.58 Å². The molecule has 8 heteroatoms. The van der Waals surface area contributed by atoms with Crippen molar-refractivity contribution in [2.75, 3.05) is 10.6 Å². The molecule has 0 aliphatic rings. The van der Waals surface area contributed by atoms with Gasteiger partial charge in [-0.05, 0) is 123 Å². The highest BCUT2D eigenvalue weighted by Gasteiger charge is 2.19. The van der Waals surface area contributed by atoms with E-state index >= 15 is 0 Å². The van der Waals surface area contributed by atoms with Crippen LogP contribution < -0.4 is 16.1 Å². The number of imidazole rings is 1. The number of hydrogen-bond acceptors (Lipinski definition) is 5. The lowest BCUT2D eigenvalue weighted by molar-refractivity contribution is 0.0997. The Balaban J connectivity index is 1.08. The molecule has 0 atom stereocenters. The number of rotatable bonds is 10. The molecule has 0 radical (unpaired) electrons. The number of para-hydroxylation sites is 1. The Hall–Kier alpha value is -5.76. The molecule has 2 heterocycles. The second kappa shape index (κ2) is 13.7. The van der Waals surface area contributed by atoms with Gasteiger partial charge in [0, 0.05) is 29.8 Å². The second-order valence-corrected chi connectivity index (χ2v) is 11.8. The van der Waals surface area contributed by atoms with Crippen LogP contribution in [-0.4, -0.2) is 21.4 Å². The predicted molar refractivity (Wildman–Crippen MR) is 186 cm³/mol. The molecule has 0 saturated carbocycles. The van der Waals surface area contributed by atoms with Crippen LogP contribution in [0.25, 0.3) is 16.7 Å². The minimum absolute atomic E-state index is 0.132. The summed E-state index contributed by atoms with van der Waals surface area (Å²) in [4.78, 5) is 43.3. The summed E-state index contributed by atoms with van der Waals surface area (Å²) < 4.78 is 7.72. The molecule has 0 bridgehead atoms. The van der Waals surface area contributed by atoms with Gasteiger partial charge in [0.2, 0.25) is 0 Å². The largest absolute Gasteiger partial charge is 0.451 e. The normalized spacial score (nSPS) is 11.0. The van der Waals surface area contributed by atoms with Gasteiger partial charge in [-0.25, -0.2) is 4.98 Å². The number of hydrogen-bond donors (Lipinski definition) is 2. The lowest BCUT2D eigenvalue weighted by Crippen LogP contribution is -2.20. The van der Waals surface area contributed by atoms with Crippen LogP contribution in [0.3, 0.4) is 0 Å². The van der Waals surface area contributed by atoms with Gasteiger partial charge in [-0.15, -0.1) is 0 Å². The standard InChI is InChI=1S/C39H36N4O4/c1-25-12-17-31(43-19-18-40-24-43)22-29(25)9-5-4-8-28-13-15-30(16-14-28)41-38(45)33-20-26(2)27(3)21-34(33)42-39(46)37-23-35(44)32-10-6-7-11-36(32)47-37/h6-7,10-24H,4-5,8-9H2,1-3H3,(H,41,45)(H,42,46). The molecule has 0 fully saturated rings. The van der Waals surface area contributed by atoms with Crippen molar-refractivity contribution in [1.29, 1.82) is 0 Å². The van der Waals surface area contributed by atoms with Gasteiger partial charge in [0.05, 0.1) is 23.0 Å². The molecule has 2 N–H and O–H groups in total. The first-order valence-electron chi connectivity index (χ1n) is 15.7. The van der Waals surface area contributed by atoms with Crippen molar-refractivity contribution in [3.8, 4) is 5.69 Å². The zero-order chi connectivity index (χ0) is 32.9. The number of fused-ring (bicyclic) bond motifs is 1. The van der Waals surface area contributed by atoms with Crippen LogP contribution >= 0.6 is 0 Å². The number of anilines is 2. The van der Waals surface area contributed by atoms with E-state index in [0.29, 0.717) is 27.9 Å². The highest BCUT2D eigenvalue weighted by molar-refractivity contribution is 6.12. The monoisotopic (exact) mass is 624 g/mol. The van der Waals surface area contributed by atoms with E-state index in [-0.39, 0.29) is 17.1 Å². The number of nitrogens with zero attached hydrogens (tertiary/aromatic N) is 2. The molecule has 0 saturated heterocycles. The van der Waals surface area contributed by atoms with Crippen molar-refractivity contribution in [2.24, 2.45) is 0 Å². The lowest BCUT2D eigenvalue weighted by atomic mass is 9.99. The third kappa shape index (κ3) is 7.23. The average molecular weight is 625 g/mol. The maximum Gasteiger partial charge on any atom is 0.291 e. The number of aromatic nitrogens is 2. The first-order valence-corrected chi connectivity index (χ1v) is 15.7. The van der Waals surface area contributed by atoms with Crippen LogP contribution in [0.15, 0.2) is 113 Å². The molecule has 2 amide bonds. The Kier molecular flexibility index (Phi) is 9.11. The quantitative estimate of drug-likeness (QED) is 0.150. The fraction of sp³-hybridized carbons (Fsp3) is 0.179. The van der Waals surface area contributed by atoms with Gasteiger partial charge >= 0.3 is 0 Å². The minimum atomic E-state index is -0.615. The predicted octanol–water partition coefficient (Wildman–Crippen LogP) is 7.97. The number of aryl methyl sites for hydroxylation is 5. The number of nitrogens with one attached hydrogen (secondary N) is 2. The summed E-state index contributed by atoms with van der Waals surface area (Å²) in [5.74, 6) is -1.10. The van der Waals surface area contributed by atoms with E-state index in [0.717, 1.165) is 42.5 Å². The highest BCUT2D eigenvalue weighted by Crippen LogP contribution is 2.24. The summed E-state index contributed by atoms with van der Waals surface area (Å²) >= 11 is 0. The van der Waals surface area contributed by atoms with E-state index in [9.17, 15) is 14.4 Å². The van der Waals surface area contributed by atoms with Crippen LogP contribution in [-0.2, 0) is 12.8 Å². The molecular weight excluding hydrogens is 588 g/mol. The molecule has 0 spiro atoms. The fourth-order valence-corrected chi connectivity index (χ4v) is 5.60. The van der Waals surface area contributed by atoms with Gasteiger partial charge in [-0.1, -0.05) is 30.3 Å². The molecular formula is C39H36N4O4. The maximum atomic E-state index is 13.5. The van der Waals surface area contributed by atoms with E-state index < -0.39 is 5.91 Å². The van der Waals surface area contributed by atoms with Crippen LogP contribution in [0, 0.1) is 20.8 Å². The SMILES string of the molecule is Cc1cc(NC(=O)c2cc(=O)c3ccccc3o2)c(C(=O)Nc2ccc(CCCCc3cc(-n4ccnc4)ccc3C)cc2)cc1C. The van der Waals surface area contributed by atoms with E-state index in [2.05, 4.69) is 40.7 Å². The lowest BCUT2D eigenvalue weighted by Gasteiger charge is -2.14. The number of carbonyl (C=O) groups is 2. The van der Waals surface area contributed by atoms with Crippen LogP contribution in [0.2, 0.25) is 0 Å². The zero-order valence-electron chi connectivity index (χ0n) is 26.7. The maximum absolute atomic E-state index is 13.5. The zero-order valence-corrected chi connectivity index (χ0v) is 26.7. The third-order valence-electron chi connectivity index (χ3n) is 8.49. The number of benzene rings is 4. The first-order chi connectivity index (χ1) is 22.7. The van der Waals surface area contributed by atoms with Crippen molar-refractivity contribution in [2.45, 2.75) is 46.5 Å². The molecule has 4 aromatic carbocycles. The molecule has 236 valence electrons. The Labute approximate surface area is 273 Å². The van der Waals surface area contributed by atoms with Gasteiger partial charge in [0.25, 0.3) is 11.8 Å². The Bertz CT molecular complexity index is 2130. The van der Waals surface area contributed by atoms with E-state index in [1.807, 2.05) is 55.2 Å². The molecule has 6 aromatic rings. The van der Waals surface area contributed by atoms with E-state index in [1.54, 1.807) is 42.6 Å². The second-order valence-electron chi connectivity index (χ2n) is 11.8. The van der Waals surface area contributed by atoms with Crippen LogP contribution in [0.4, 0.5) is 11.4 Å². The molecule has 0 aliphatic carbocycles. The van der Waals surface area contributed by atoms with Gasteiger partial charge in [-0.2, -0.15) is 0 Å². The van der Waals surface area contributed by atoms with Crippen molar-refractivity contribution in [1.82, 2.24) is 9.55 Å². The number of amides is 2. The van der Waals surface area contributed by atoms with Crippen molar-refractivity contribution < 1.29 is 14.0 Å². The van der Waals surface area contributed by atoms with Crippen molar-refractivity contribution in [3.05, 3.63) is 153 Å². The summed E-state index contributed by atoms with van der Waals surface area (Å²) in [7, 11) is 0. The summed E-state index contributed by atoms with van der Waals surface area (Å²) in [6.45, 7) is 5.97. The molecule has 8 nitrogen and oxygen atoms in total. The fourth-order valence-electron chi connectivity index (χ4n) is 5.60. The topological polar surface area (TPSA) is 106 Å². The number of unbranched alkanes of at least 4 members (excludes halogenated alkanes) is 1. The molecule has 2 aromatic heterocycles. The van der Waals surface area contributed by atoms with Crippen LogP contribution in [0.1, 0.15) is 61.6 Å². The Morgan fingerprint density at radius 2 is 1.55 bits per heavy atom. The van der Waals surface area contributed by atoms with Gasteiger partial charge in [0.15, 0.2) is 11.2 Å². The van der Waals surface area contributed by atoms with Crippen molar-refractivity contribution >= 4 is 34.2 Å². The molecule has 6 rings (SSSR count). The van der Waals surface area contributed by atoms with E-state index in [4.69, 9.17) is 4.42 Å². The number of carbonyl (C=O) groups excluding carboxylic acids is 2. The van der Waals surface area contributed by atoms with E-state index in [1.165, 1.54) is 22.8 Å². The summed E-state index contributed by atoms with van der Waals surface area (Å²) in [6, 6.07) is 25.8. The van der Waals surface area contributed by atoms with Gasteiger partial charge in [-0.3, -0.25) is 14.4 Å². The van der Waals surface area contributed by atoms with Crippen LogP contribution in [0.5, 0.6) is 0 Å². The van der Waals surface area contributed by atoms with Gasteiger partial charge < -0.3 is 19.6 Å². The minimum Gasteiger partial charge on any atom is -0.451 e. The average Bonchev–Trinajstić information content (AvgIpc) is 3.61. The smallest absolute Gasteiger partial charge is 0.291 e. The molecule has 0 unspecified atom stereocenters.